The highest BCUT2D eigenvalue weighted by molar-refractivity contribution is 8.00. The monoisotopic (exact) mass is 429 g/mol. The van der Waals surface area contributed by atoms with Crippen molar-refractivity contribution in [1.82, 2.24) is 9.99 Å². The van der Waals surface area contributed by atoms with Crippen LogP contribution in [0.4, 0.5) is 4.39 Å². The van der Waals surface area contributed by atoms with Gasteiger partial charge in [-0.2, -0.15) is 5.10 Å². The van der Waals surface area contributed by atoms with E-state index in [9.17, 15) is 9.18 Å². The molecule has 1 atom stereocenters. The largest absolute Gasteiger partial charge is 0.318 e. The number of hydrogen-bond donors (Lipinski definition) is 1. The van der Waals surface area contributed by atoms with E-state index in [1.54, 1.807) is 30.5 Å². The normalized spacial score (nSPS) is 12.3. The van der Waals surface area contributed by atoms with Gasteiger partial charge in [0.15, 0.2) is 0 Å². The number of carbonyl (C=O) groups excluding carboxylic acids is 1. The van der Waals surface area contributed by atoms with Crippen molar-refractivity contribution in [3.05, 3.63) is 82.4 Å². The minimum atomic E-state index is -0.306. The van der Waals surface area contributed by atoms with Gasteiger partial charge in [-0.3, -0.25) is 4.79 Å². The summed E-state index contributed by atoms with van der Waals surface area (Å²) in [6.07, 6.45) is 1.62. The van der Waals surface area contributed by atoms with Crippen LogP contribution in [0.25, 0.3) is 5.69 Å². The summed E-state index contributed by atoms with van der Waals surface area (Å²) in [5, 5.41) is 4.46. The van der Waals surface area contributed by atoms with Crippen LogP contribution in [0.2, 0.25) is 5.02 Å². The van der Waals surface area contributed by atoms with Gasteiger partial charge in [0.2, 0.25) is 0 Å². The Labute approximate surface area is 178 Å². The summed E-state index contributed by atoms with van der Waals surface area (Å²) in [4.78, 5) is 13.3. The molecule has 0 fully saturated rings. The minimum Gasteiger partial charge on any atom is -0.318 e. The molecule has 1 N–H and O–H groups in total. The van der Waals surface area contributed by atoms with Crippen molar-refractivity contribution in [1.29, 1.82) is 0 Å². The molecular weight excluding hydrogens is 409 g/mol. The van der Waals surface area contributed by atoms with Gasteiger partial charge in [0.25, 0.3) is 5.91 Å². The van der Waals surface area contributed by atoms with E-state index >= 15 is 0 Å². The molecule has 0 aliphatic heterocycles. The van der Waals surface area contributed by atoms with Gasteiger partial charge < -0.3 is 4.57 Å². The van der Waals surface area contributed by atoms with Crippen LogP contribution in [0.1, 0.15) is 23.9 Å². The molecule has 2 aromatic carbocycles. The molecule has 0 aliphatic rings. The molecule has 7 heteroatoms. The Balaban J connectivity index is 1.65. The lowest BCUT2D eigenvalue weighted by molar-refractivity contribution is -0.120. The number of hydrogen-bond acceptors (Lipinski definition) is 3. The van der Waals surface area contributed by atoms with Crippen LogP contribution >= 0.6 is 23.4 Å². The maximum atomic E-state index is 13.2. The second-order valence-corrected chi connectivity index (χ2v) is 8.44. The smallest absolute Gasteiger partial charge is 0.253 e. The number of amides is 1. The van der Waals surface area contributed by atoms with E-state index < -0.39 is 0 Å². The van der Waals surface area contributed by atoms with Crippen LogP contribution in [-0.2, 0) is 4.79 Å². The molecule has 150 valence electrons. The molecule has 3 rings (SSSR count). The van der Waals surface area contributed by atoms with Crippen molar-refractivity contribution < 1.29 is 9.18 Å². The van der Waals surface area contributed by atoms with Crippen molar-refractivity contribution in [3.8, 4) is 5.69 Å². The molecule has 0 radical (unpaired) electrons. The van der Waals surface area contributed by atoms with Gasteiger partial charge >= 0.3 is 0 Å². The fourth-order valence-electron chi connectivity index (χ4n) is 2.93. The molecule has 1 aromatic heterocycles. The van der Waals surface area contributed by atoms with Crippen LogP contribution in [0.3, 0.4) is 0 Å². The Hall–Kier alpha value is -2.57. The van der Waals surface area contributed by atoms with E-state index in [0.717, 1.165) is 27.5 Å². The van der Waals surface area contributed by atoms with E-state index in [1.165, 1.54) is 23.9 Å². The first-order valence-corrected chi connectivity index (χ1v) is 10.3. The number of halogens is 2. The molecule has 1 heterocycles. The highest BCUT2D eigenvalue weighted by Gasteiger charge is 2.14. The van der Waals surface area contributed by atoms with Crippen molar-refractivity contribution in [3.63, 3.8) is 0 Å². The number of rotatable bonds is 6. The quantitative estimate of drug-likeness (QED) is 0.318. The third kappa shape index (κ3) is 5.28. The first-order chi connectivity index (χ1) is 13.8. The number of thioether (sulfide) groups is 1. The zero-order valence-corrected chi connectivity index (χ0v) is 17.9. The fourth-order valence-corrected chi connectivity index (χ4v) is 3.92. The lowest BCUT2D eigenvalue weighted by Gasteiger charge is -2.10. The van der Waals surface area contributed by atoms with E-state index in [4.69, 9.17) is 11.6 Å². The van der Waals surface area contributed by atoms with Gasteiger partial charge in [0.1, 0.15) is 5.82 Å². The Morgan fingerprint density at radius 1 is 1.17 bits per heavy atom. The molecule has 1 unspecified atom stereocenters. The fraction of sp³-hybridized carbons (Fsp3) is 0.182. The third-order valence-corrected chi connectivity index (χ3v) is 5.79. The van der Waals surface area contributed by atoms with Crippen LogP contribution < -0.4 is 5.43 Å². The van der Waals surface area contributed by atoms with Gasteiger partial charge in [-0.25, -0.2) is 9.82 Å². The lowest BCUT2D eigenvalue weighted by atomic mass is 10.2. The average Bonchev–Trinajstić information content (AvgIpc) is 2.97. The van der Waals surface area contributed by atoms with Gasteiger partial charge in [-0.15, -0.1) is 11.8 Å². The topological polar surface area (TPSA) is 46.4 Å². The van der Waals surface area contributed by atoms with E-state index in [0.29, 0.717) is 5.02 Å². The van der Waals surface area contributed by atoms with Crippen LogP contribution in [0, 0.1) is 19.7 Å². The standard InChI is InChI=1S/C22H21ClFN3OS/c1-14-12-17(15(2)27(14)20-8-6-19(24)7-9-20)13-25-26-22(28)16(3)29-21-10-4-18(23)5-11-21/h4-13,16H,1-3H3,(H,26,28)/b25-13+. The average molecular weight is 430 g/mol. The summed E-state index contributed by atoms with van der Waals surface area (Å²) in [6.45, 7) is 5.75. The van der Waals surface area contributed by atoms with Gasteiger partial charge in [0.05, 0.1) is 11.5 Å². The van der Waals surface area contributed by atoms with E-state index in [1.807, 2.05) is 43.5 Å². The van der Waals surface area contributed by atoms with E-state index in [-0.39, 0.29) is 17.0 Å². The van der Waals surface area contributed by atoms with Gasteiger partial charge in [-0.05, 0) is 75.4 Å². The SMILES string of the molecule is Cc1cc(/C=N/NC(=O)C(C)Sc2ccc(Cl)cc2)c(C)n1-c1ccc(F)cc1. The highest BCUT2D eigenvalue weighted by Crippen LogP contribution is 2.25. The van der Waals surface area contributed by atoms with Crippen LogP contribution in [0.5, 0.6) is 0 Å². The minimum absolute atomic E-state index is 0.187. The van der Waals surface area contributed by atoms with Crippen LogP contribution in [0.15, 0.2) is 64.6 Å². The molecule has 3 aromatic rings. The van der Waals surface area contributed by atoms with Crippen molar-refractivity contribution in [2.75, 3.05) is 0 Å². The summed E-state index contributed by atoms with van der Waals surface area (Å²) in [5.74, 6) is -0.458. The zero-order valence-electron chi connectivity index (χ0n) is 16.3. The molecular formula is C22H21ClFN3OS. The number of aryl methyl sites for hydroxylation is 1. The second kappa shape index (κ2) is 9.29. The van der Waals surface area contributed by atoms with Crippen LogP contribution in [-0.4, -0.2) is 21.9 Å². The Morgan fingerprint density at radius 3 is 2.48 bits per heavy atom. The maximum Gasteiger partial charge on any atom is 0.253 e. The Bertz CT molecular complexity index is 1030. The first kappa shape index (κ1) is 21.1. The highest BCUT2D eigenvalue weighted by atomic mass is 35.5. The number of hydrazone groups is 1. The number of aromatic nitrogens is 1. The van der Waals surface area contributed by atoms with Gasteiger partial charge in [-0.1, -0.05) is 11.6 Å². The summed E-state index contributed by atoms with van der Waals surface area (Å²) >= 11 is 7.32. The molecule has 29 heavy (non-hydrogen) atoms. The number of benzene rings is 2. The molecule has 0 aliphatic carbocycles. The van der Waals surface area contributed by atoms with Crippen molar-refractivity contribution in [2.24, 2.45) is 5.10 Å². The molecule has 4 nitrogen and oxygen atoms in total. The number of carbonyl (C=O) groups is 1. The summed E-state index contributed by atoms with van der Waals surface area (Å²) in [6, 6.07) is 15.6. The number of nitrogens with one attached hydrogen (secondary N) is 1. The number of nitrogens with zero attached hydrogens (tertiary/aromatic N) is 2. The van der Waals surface area contributed by atoms with E-state index in [2.05, 4.69) is 10.5 Å². The third-order valence-electron chi connectivity index (χ3n) is 4.43. The molecule has 0 bridgehead atoms. The predicted molar refractivity (Wildman–Crippen MR) is 118 cm³/mol. The summed E-state index contributed by atoms with van der Waals surface area (Å²) in [7, 11) is 0. The molecule has 0 saturated carbocycles. The lowest BCUT2D eigenvalue weighted by Crippen LogP contribution is -2.26. The first-order valence-electron chi connectivity index (χ1n) is 9.05. The Kier molecular flexibility index (Phi) is 6.77. The van der Waals surface area contributed by atoms with Crippen molar-refractivity contribution >= 4 is 35.5 Å². The molecule has 0 saturated heterocycles. The molecule has 0 spiro atoms. The second-order valence-electron chi connectivity index (χ2n) is 6.59. The molecule has 1 amide bonds. The summed E-state index contributed by atoms with van der Waals surface area (Å²) < 4.78 is 15.2. The van der Waals surface area contributed by atoms with Gasteiger partial charge in [0, 0.05) is 32.6 Å². The summed E-state index contributed by atoms with van der Waals surface area (Å²) in [5.41, 5.74) is 6.29. The Morgan fingerprint density at radius 2 is 1.83 bits per heavy atom. The van der Waals surface area contributed by atoms with Crippen molar-refractivity contribution in [2.45, 2.75) is 30.9 Å². The predicted octanol–water partition coefficient (Wildman–Crippen LogP) is 5.52. The maximum absolute atomic E-state index is 13.2. The zero-order chi connectivity index (χ0) is 21.0.